The van der Waals surface area contributed by atoms with Crippen LogP contribution < -0.4 is 10.9 Å². The highest BCUT2D eigenvalue weighted by atomic mass is 16.4. The summed E-state index contributed by atoms with van der Waals surface area (Å²) in [5.74, 6) is -0.102. The Balaban J connectivity index is 2.26. The molecule has 2 aromatic rings. The summed E-state index contributed by atoms with van der Waals surface area (Å²) in [5, 5.41) is 12.1. The van der Waals surface area contributed by atoms with E-state index in [0.717, 1.165) is 0 Å². The van der Waals surface area contributed by atoms with Crippen molar-refractivity contribution in [3.8, 4) is 11.4 Å². The number of aliphatic carboxylic acids is 1. The normalized spacial score (nSPS) is 12.2. The zero-order valence-corrected chi connectivity index (χ0v) is 13.5. The van der Waals surface area contributed by atoms with Crippen molar-refractivity contribution in [3.63, 3.8) is 0 Å². The van der Waals surface area contributed by atoms with E-state index in [4.69, 9.17) is 0 Å². The van der Waals surface area contributed by atoms with E-state index in [0.29, 0.717) is 28.5 Å². The molecule has 0 aliphatic carbocycles. The summed E-state index contributed by atoms with van der Waals surface area (Å²) in [4.78, 5) is 34.3. The molecular formula is C16H20N4O3. The quantitative estimate of drug-likeness (QED) is 0.778. The van der Waals surface area contributed by atoms with Crippen LogP contribution in [0.25, 0.3) is 11.4 Å². The number of aromatic amines is 1. The molecule has 0 bridgehead atoms. The molecule has 0 amide bonds. The molecule has 0 aliphatic heterocycles. The number of carbonyl (C=O) groups is 1. The fourth-order valence-corrected chi connectivity index (χ4v) is 2.07. The molecule has 0 aliphatic rings. The lowest BCUT2D eigenvalue weighted by Crippen LogP contribution is -2.34. The van der Waals surface area contributed by atoms with Crippen molar-refractivity contribution < 1.29 is 9.90 Å². The van der Waals surface area contributed by atoms with Gasteiger partial charge in [-0.15, -0.1) is 0 Å². The minimum absolute atomic E-state index is 0.0771. The van der Waals surface area contributed by atoms with Crippen LogP contribution in [-0.2, 0) is 4.79 Å². The Morgan fingerprint density at radius 1 is 1.30 bits per heavy atom. The number of aryl methyl sites for hydroxylation is 1. The molecule has 0 saturated heterocycles. The summed E-state index contributed by atoms with van der Waals surface area (Å²) in [5.41, 5.74) is 1.73. The van der Waals surface area contributed by atoms with E-state index >= 15 is 0 Å². The summed E-state index contributed by atoms with van der Waals surface area (Å²) < 4.78 is 0. The van der Waals surface area contributed by atoms with Crippen LogP contribution >= 0.6 is 0 Å². The predicted octanol–water partition coefficient (Wildman–Crippen LogP) is 1.97. The molecular weight excluding hydrogens is 296 g/mol. The summed E-state index contributed by atoms with van der Waals surface area (Å²) >= 11 is 0. The Labute approximate surface area is 133 Å². The van der Waals surface area contributed by atoms with E-state index in [1.807, 2.05) is 13.8 Å². The molecule has 7 heteroatoms. The number of nitrogens with one attached hydrogen (secondary N) is 2. The van der Waals surface area contributed by atoms with E-state index in [-0.39, 0.29) is 11.5 Å². The van der Waals surface area contributed by atoms with Gasteiger partial charge in [-0.25, -0.2) is 14.8 Å². The van der Waals surface area contributed by atoms with Gasteiger partial charge in [0.2, 0.25) is 0 Å². The molecule has 2 heterocycles. The number of rotatable bonds is 5. The SMILES string of the molecule is Cc1nc(-c2ccc(N[C@H](C(=O)O)C(C)C)nc2)[nH]c(=O)c1C. The third-order valence-electron chi connectivity index (χ3n) is 3.67. The molecule has 3 N–H and O–H groups in total. The Morgan fingerprint density at radius 2 is 2.00 bits per heavy atom. The number of hydrogen-bond donors (Lipinski definition) is 3. The third-order valence-corrected chi connectivity index (χ3v) is 3.67. The fraction of sp³-hybridized carbons (Fsp3) is 0.375. The summed E-state index contributed by atoms with van der Waals surface area (Å²) in [7, 11) is 0. The second-order valence-electron chi connectivity index (χ2n) is 5.76. The Hall–Kier alpha value is -2.70. The van der Waals surface area contributed by atoms with Gasteiger partial charge >= 0.3 is 5.97 Å². The van der Waals surface area contributed by atoms with Crippen LogP contribution in [0.4, 0.5) is 5.82 Å². The summed E-state index contributed by atoms with van der Waals surface area (Å²) in [6.45, 7) is 7.14. The number of anilines is 1. The van der Waals surface area contributed by atoms with Crippen molar-refractivity contribution >= 4 is 11.8 Å². The summed E-state index contributed by atoms with van der Waals surface area (Å²) in [6.07, 6.45) is 1.55. The van der Waals surface area contributed by atoms with Gasteiger partial charge in [0.05, 0.1) is 0 Å². The van der Waals surface area contributed by atoms with Gasteiger partial charge in [-0.1, -0.05) is 13.8 Å². The molecule has 0 aromatic carbocycles. The molecule has 2 rings (SSSR count). The lowest BCUT2D eigenvalue weighted by atomic mass is 10.1. The topological polar surface area (TPSA) is 108 Å². The summed E-state index contributed by atoms with van der Waals surface area (Å²) in [6, 6.07) is 2.69. The number of nitrogens with zero attached hydrogens (tertiary/aromatic N) is 2. The molecule has 0 fully saturated rings. The van der Waals surface area contributed by atoms with E-state index in [2.05, 4.69) is 20.3 Å². The first-order valence-electron chi connectivity index (χ1n) is 7.33. The highest BCUT2D eigenvalue weighted by Crippen LogP contribution is 2.17. The average Bonchev–Trinajstić information content (AvgIpc) is 2.49. The third kappa shape index (κ3) is 3.74. The van der Waals surface area contributed by atoms with Gasteiger partial charge in [0.1, 0.15) is 17.7 Å². The monoisotopic (exact) mass is 316 g/mol. The van der Waals surface area contributed by atoms with Crippen LogP contribution in [0, 0.1) is 19.8 Å². The Morgan fingerprint density at radius 3 is 2.48 bits per heavy atom. The van der Waals surface area contributed by atoms with Gasteiger partial charge in [-0.2, -0.15) is 0 Å². The second-order valence-corrected chi connectivity index (χ2v) is 5.76. The molecule has 23 heavy (non-hydrogen) atoms. The average molecular weight is 316 g/mol. The van der Waals surface area contributed by atoms with Crippen LogP contribution in [0.2, 0.25) is 0 Å². The zero-order valence-electron chi connectivity index (χ0n) is 13.5. The highest BCUT2D eigenvalue weighted by Gasteiger charge is 2.21. The first-order chi connectivity index (χ1) is 10.8. The number of carboxylic acids is 1. The minimum Gasteiger partial charge on any atom is -0.480 e. The molecule has 2 aromatic heterocycles. The maximum atomic E-state index is 11.8. The lowest BCUT2D eigenvalue weighted by Gasteiger charge is -2.18. The van der Waals surface area contributed by atoms with Crippen molar-refractivity contribution in [2.75, 3.05) is 5.32 Å². The van der Waals surface area contributed by atoms with Gasteiger partial charge in [0, 0.05) is 23.0 Å². The largest absolute Gasteiger partial charge is 0.480 e. The van der Waals surface area contributed by atoms with Crippen molar-refractivity contribution in [1.82, 2.24) is 15.0 Å². The Kier molecular flexibility index (Phi) is 4.78. The van der Waals surface area contributed by atoms with Gasteiger partial charge in [0.25, 0.3) is 5.56 Å². The standard InChI is InChI=1S/C16H20N4O3/c1-8(2)13(16(22)23)19-12-6-5-11(7-17-12)14-18-10(4)9(3)15(21)20-14/h5-8,13H,1-4H3,(H,17,19)(H,22,23)(H,18,20,21)/t13-/m0/s1. The van der Waals surface area contributed by atoms with Crippen LogP contribution in [0.3, 0.4) is 0 Å². The number of aromatic nitrogens is 3. The maximum absolute atomic E-state index is 11.8. The van der Waals surface area contributed by atoms with Crippen molar-refractivity contribution in [3.05, 3.63) is 39.9 Å². The molecule has 122 valence electrons. The van der Waals surface area contributed by atoms with Crippen LogP contribution in [0.15, 0.2) is 23.1 Å². The number of H-pyrrole nitrogens is 1. The van der Waals surface area contributed by atoms with E-state index in [9.17, 15) is 14.7 Å². The van der Waals surface area contributed by atoms with Crippen LogP contribution in [-0.4, -0.2) is 32.1 Å². The van der Waals surface area contributed by atoms with Crippen molar-refractivity contribution in [2.45, 2.75) is 33.7 Å². The molecule has 7 nitrogen and oxygen atoms in total. The van der Waals surface area contributed by atoms with Crippen molar-refractivity contribution in [2.24, 2.45) is 5.92 Å². The molecule has 0 saturated carbocycles. The van der Waals surface area contributed by atoms with Gasteiger partial charge < -0.3 is 15.4 Å². The van der Waals surface area contributed by atoms with E-state index in [1.165, 1.54) is 0 Å². The van der Waals surface area contributed by atoms with Crippen LogP contribution in [0.5, 0.6) is 0 Å². The molecule has 0 spiro atoms. The molecule has 1 atom stereocenters. The lowest BCUT2D eigenvalue weighted by molar-refractivity contribution is -0.138. The number of pyridine rings is 1. The van der Waals surface area contributed by atoms with Crippen LogP contribution in [0.1, 0.15) is 25.1 Å². The first-order valence-corrected chi connectivity index (χ1v) is 7.33. The minimum atomic E-state index is -0.925. The molecule has 0 radical (unpaired) electrons. The molecule has 0 unspecified atom stereocenters. The smallest absolute Gasteiger partial charge is 0.326 e. The van der Waals surface area contributed by atoms with Gasteiger partial charge in [0.15, 0.2) is 0 Å². The van der Waals surface area contributed by atoms with Gasteiger partial charge in [-0.05, 0) is 31.9 Å². The maximum Gasteiger partial charge on any atom is 0.326 e. The highest BCUT2D eigenvalue weighted by molar-refractivity contribution is 5.77. The van der Waals surface area contributed by atoms with Crippen molar-refractivity contribution in [1.29, 1.82) is 0 Å². The predicted molar refractivity (Wildman–Crippen MR) is 87.4 cm³/mol. The number of hydrogen-bond acceptors (Lipinski definition) is 5. The Bertz CT molecular complexity index is 766. The fourth-order valence-electron chi connectivity index (χ4n) is 2.07. The second kappa shape index (κ2) is 6.60. The van der Waals surface area contributed by atoms with E-state index < -0.39 is 12.0 Å². The van der Waals surface area contributed by atoms with E-state index in [1.54, 1.807) is 32.2 Å². The first kappa shape index (κ1) is 16.7. The van der Waals surface area contributed by atoms with Gasteiger partial charge in [-0.3, -0.25) is 4.79 Å². The zero-order chi connectivity index (χ0) is 17.1. The number of carboxylic acid groups (broad SMARTS) is 1.